The first kappa shape index (κ1) is 58.2. The quantitative estimate of drug-likeness (QED) is 0.139. The van der Waals surface area contributed by atoms with E-state index in [2.05, 4.69) is 0 Å². The molecule has 17 heteroatoms. The first-order valence-corrected chi connectivity index (χ1v) is 24.2. The fourth-order valence-corrected chi connectivity index (χ4v) is 8.26. The Bertz CT molecular complexity index is 2110. The molecule has 1 aliphatic rings. The van der Waals surface area contributed by atoms with Gasteiger partial charge in [0.2, 0.25) is 0 Å². The Morgan fingerprint density at radius 1 is 0.429 bits per heavy atom. The molecule has 0 aromatic heterocycles. The summed E-state index contributed by atoms with van der Waals surface area (Å²) in [7, 11) is 5.47. The lowest BCUT2D eigenvalue weighted by molar-refractivity contribution is -0.176. The highest BCUT2D eigenvalue weighted by Gasteiger charge is 2.43. The maximum absolute atomic E-state index is 14.7. The molecular weight excluding hydrogens is 901 g/mol. The summed E-state index contributed by atoms with van der Waals surface area (Å²) in [6, 6.07) is 9.98. The number of esters is 4. The second-order valence-corrected chi connectivity index (χ2v) is 20.1. The zero-order valence-corrected chi connectivity index (χ0v) is 43.5. The van der Waals surface area contributed by atoms with Crippen LogP contribution in [-0.4, -0.2) is 150 Å². The van der Waals surface area contributed by atoms with Crippen molar-refractivity contribution in [2.24, 2.45) is 23.7 Å². The van der Waals surface area contributed by atoms with Crippen LogP contribution >= 0.6 is 0 Å². The Labute approximate surface area is 413 Å². The van der Waals surface area contributed by atoms with E-state index in [0.29, 0.717) is 23.0 Å². The van der Waals surface area contributed by atoms with Gasteiger partial charge in [0.1, 0.15) is 30.5 Å². The van der Waals surface area contributed by atoms with E-state index in [4.69, 9.17) is 18.9 Å². The third-order valence-corrected chi connectivity index (χ3v) is 12.3. The van der Waals surface area contributed by atoms with Gasteiger partial charge < -0.3 is 38.5 Å². The molecule has 1 saturated heterocycles. The van der Waals surface area contributed by atoms with Crippen molar-refractivity contribution in [1.29, 1.82) is 0 Å². The molecule has 1 aliphatic heterocycles. The maximum atomic E-state index is 14.7. The highest BCUT2D eigenvalue weighted by molar-refractivity contribution is 5.94. The minimum atomic E-state index is -1.57. The number of amides is 4. The van der Waals surface area contributed by atoms with Gasteiger partial charge in [-0.15, -0.1) is 0 Å². The zero-order chi connectivity index (χ0) is 52.7. The number of likely N-dealkylation sites (N-methyl/N-ethyl adjacent to an activating group) is 4. The molecule has 0 spiro atoms. The predicted octanol–water partition coefficient (Wildman–Crippen LogP) is 5.48. The largest absolute Gasteiger partial charge is 0.451 e. The van der Waals surface area contributed by atoms with E-state index in [0.717, 1.165) is 19.6 Å². The van der Waals surface area contributed by atoms with E-state index >= 15 is 0 Å². The molecule has 1 fully saturated rings. The summed E-state index contributed by atoms with van der Waals surface area (Å²) in [6.45, 7) is 17.4. The smallest absolute Gasteiger partial charge is 0.329 e. The van der Waals surface area contributed by atoms with E-state index in [1.54, 1.807) is 42.5 Å². The molecule has 0 radical (unpaired) electrons. The Balaban J connectivity index is 2.26. The zero-order valence-electron chi connectivity index (χ0n) is 43.5. The highest BCUT2D eigenvalue weighted by atomic mass is 16.6. The van der Waals surface area contributed by atoms with Gasteiger partial charge in [0, 0.05) is 46.6 Å². The number of benzene rings is 2. The summed E-state index contributed by atoms with van der Waals surface area (Å²) in [6.07, 6.45) is -5.31. The molecule has 1 heterocycles. The predicted molar refractivity (Wildman–Crippen MR) is 261 cm³/mol. The molecule has 2 aromatic rings. The Morgan fingerprint density at radius 3 is 1.01 bits per heavy atom. The fourth-order valence-electron chi connectivity index (χ4n) is 8.26. The number of nitrogens with zero attached hydrogens (tertiary/aromatic N) is 4. The summed E-state index contributed by atoms with van der Waals surface area (Å²) in [4.78, 5) is 131. The summed E-state index contributed by atoms with van der Waals surface area (Å²) in [5.74, 6) is -7.49. The van der Waals surface area contributed by atoms with Gasteiger partial charge >= 0.3 is 23.9 Å². The molecule has 0 unspecified atom stereocenters. The van der Waals surface area contributed by atoms with Crippen molar-refractivity contribution in [2.75, 3.05) is 28.2 Å². The number of rotatable bonds is 13. The molecule has 0 saturated carbocycles. The van der Waals surface area contributed by atoms with Crippen LogP contribution < -0.4 is 0 Å². The topological polar surface area (TPSA) is 204 Å². The third kappa shape index (κ3) is 16.5. The van der Waals surface area contributed by atoms with Crippen molar-refractivity contribution >= 4 is 53.8 Å². The average Bonchev–Trinajstić information content (AvgIpc) is 3.30. The summed E-state index contributed by atoms with van der Waals surface area (Å²) in [5.41, 5.74) is 1.51. The Morgan fingerprint density at radius 2 is 0.714 bits per heavy atom. The lowest BCUT2D eigenvalue weighted by Crippen LogP contribution is -2.55. The third-order valence-electron chi connectivity index (χ3n) is 12.3. The van der Waals surface area contributed by atoms with Crippen LogP contribution in [0, 0.1) is 23.7 Å². The molecule has 70 heavy (non-hydrogen) atoms. The van der Waals surface area contributed by atoms with Crippen molar-refractivity contribution in [1.82, 2.24) is 19.6 Å². The van der Waals surface area contributed by atoms with Gasteiger partial charge in [-0.2, -0.15) is 0 Å². The maximum Gasteiger partial charge on any atom is 0.329 e. The molecule has 17 nitrogen and oxygen atoms in total. The van der Waals surface area contributed by atoms with Crippen molar-refractivity contribution in [3.05, 3.63) is 71.3 Å². The van der Waals surface area contributed by atoms with E-state index in [9.17, 15) is 43.2 Å². The normalized spacial score (nSPS) is 24.8. The molecule has 3 rings (SSSR count). The van der Waals surface area contributed by atoms with Gasteiger partial charge in [0.15, 0.2) is 24.4 Å². The van der Waals surface area contributed by atoms with Gasteiger partial charge in [-0.3, -0.25) is 24.0 Å². The molecule has 2 aromatic carbocycles. The van der Waals surface area contributed by atoms with Gasteiger partial charge in [0.25, 0.3) is 23.6 Å². The highest BCUT2D eigenvalue weighted by Crippen LogP contribution is 2.24. The Hall–Kier alpha value is -6.13. The van der Waals surface area contributed by atoms with Crippen LogP contribution in [0.4, 0.5) is 0 Å². The molecule has 386 valence electrons. The van der Waals surface area contributed by atoms with Gasteiger partial charge in [-0.25, -0.2) is 19.2 Å². The van der Waals surface area contributed by atoms with E-state index in [1.807, 2.05) is 55.4 Å². The van der Waals surface area contributed by atoms with Crippen molar-refractivity contribution in [3.63, 3.8) is 0 Å². The summed E-state index contributed by atoms with van der Waals surface area (Å²) in [5, 5.41) is 0. The number of hydrogen-bond donors (Lipinski definition) is 0. The van der Waals surface area contributed by atoms with Crippen LogP contribution in [-0.2, 0) is 70.1 Å². The van der Waals surface area contributed by atoms with E-state index in [-0.39, 0.29) is 62.2 Å². The molecular formula is C53H76N4O13. The van der Waals surface area contributed by atoms with Crippen LogP contribution in [0.3, 0.4) is 0 Å². The lowest BCUT2D eigenvalue weighted by atomic mass is 10.00. The first-order chi connectivity index (χ1) is 32.8. The number of hydrogen-bond acceptors (Lipinski definition) is 13. The molecule has 0 bridgehead atoms. The summed E-state index contributed by atoms with van der Waals surface area (Å²) >= 11 is 0. The van der Waals surface area contributed by atoms with Crippen LogP contribution in [0.25, 0.3) is 0 Å². The molecule has 8 atom stereocenters. The van der Waals surface area contributed by atoms with E-state index in [1.165, 1.54) is 54.2 Å². The van der Waals surface area contributed by atoms with Crippen molar-refractivity contribution < 1.29 is 62.1 Å². The monoisotopic (exact) mass is 977 g/mol. The Kier molecular flexibility index (Phi) is 22.2. The van der Waals surface area contributed by atoms with E-state index < -0.39 is 96.1 Å². The second-order valence-electron chi connectivity index (χ2n) is 20.1. The van der Waals surface area contributed by atoms with Gasteiger partial charge in [0.05, 0.1) is 0 Å². The number of cyclic esters (lactones) is 4. The molecule has 0 aliphatic carbocycles. The standard InChI is InChI=1S/C53H76N4O13/c1-31(2)24-40-50(63)67-36(10)47(60)55(12)43(27-34(7)8)53(66)70-45(29-38-20-22-39(30-58)23-21-38)49(62)57(14)41(25-32(3)4)51(64)68-35(9)46(59)54(11)42(26-33(5)6)52(65)69-44(48(61)56(40)13)28-37-18-16-15-17-19-37/h15-23,30-36,40-45H,24-29H2,1-14H3/t35-,36-,40+,41+,42+,43+,44-,45-/m1/s1. The van der Waals surface area contributed by atoms with Gasteiger partial charge in [-0.05, 0) is 74.3 Å². The average molecular weight is 977 g/mol. The number of ether oxygens (including phenoxy) is 4. The molecule has 0 N–H and O–H groups in total. The number of carbonyl (C=O) groups is 9. The molecule has 4 amide bonds. The van der Waals surface area contributed by atoms with Crippen LogP contribution in [0.1, 0.15) is 116 Å². The van der Waals surface area contributed by atoms with Crippen LogP contribution in [0.5, 0.6) is 0 Å². The first-order valence-electron chi connectivity index (χ1n) is 24.2. The van der Waals surface area contributed by atoms with Crippen LogP contribution in [0.2, 0.25) is 0 Å². The minimum Gasteiger partial charge on any atom is -0.451 e. The minimum absolute atomic E-state index is 0.0714. The number of carbonyl (C=O) groups excluding carboxylic acids is 9. The van der Waals surface area contributed by atoms with Crippen molar-refractivity contribution in [3.8, 4) is 0 Å². The van der Waals surface area contributed by atoms with Gasteiger partial charge in [-0.1, -0.05) is 110 Å². The number of aldehydes is 1. The SMILES string of the molecule is CC(C)C[C@H]1C(=O)O[C@H](Cc2ccc(C=O)cc2)C(=O)N(C)[C@@H](CC(C)C)C(=O)O[C@H](C)C(=O)N(C)[C@@H](CC(C)C)C(=O)O[C@H](Cc2ccccc2)C(=O)N(C)[C@@H](CC(C)C)C(=O)O[C@H](C)C(=O)N1C. The van der Waals surface area contributed by atoms with Crippen molar-refractivity contribution in [2.45, 2.75) is 156 Å². The second kappa shape index (κ2) is 26.7. The van der Waals surface area contributed by atoms with Crippen LogP contribution in [0.15, 0.2) is 54.6 Å². The lowest BCUT2D eigenvalue weighted by Gasteiger charge is -2.35. The fraction of sp³-hybridized carbons (Fsp3) is 0.604. The summed E-state index contributed by atoms with van der Waals surface area (Å²) < 4.78 is 23.7.